The van der Waals surface area contributed by atoms with Crippen LogP contribution in [0.1, 0.15) is 115 Å². The number of rotatable bonds is 17. The summed E-state index contributed by atoms with van der Waals surface area (Å²) in [5, 5.41) is 22.9. The predicted molar refractivity (Wildman–Crippen MR) is 173 cm³/mol. The average molecular weight is 627 g/mol. The Morgan fingerprint density at radius 1 is 0.867 bits per heavy atom. The van der Waals surface area contributed by atoms with Gasteiger partial charge in [-0.25, -0.2) is 9.59 Å². The van der Waals surface area contributed by atoms with Crippen molar-refractivity contribution in [3.8, 4) is 0 Å². The number of ether oxygens (including phenoxy) is 2. The third-order valence-corrected chi connectivity index (χ3v) is 8.34. The highest BCUT2D eigenvalue weighted by atomic mass is 16.6. The molecule has 0 saturated carbocycles. The van der Waals surface area contributed by atoms with Crippen LogP contribution >= 0.6 is 0 Å². The Morgan fingerprint density at radius 2 is 1.38 bits per heavy atom. The molecule has 1 atom stereocenters. The standard InChI is InChI=1S/C18H32O2.C17H18N2O6/c19-18(20)16-10-8-6-4-2-1-3-5-7-9-13-17-14-11-12-15-17;1-9-13(16(20)24-3)15(14(10(2)18-9)17(21)25-4)11-7-5-6-8-12(11)19(22)23/h11,14,17H,1-10,12-13,15-16H2,(H,19,20);5-8,15,18H,1-4H3. The summed E-state index contributed by atoms with van der Waals surface area (Å²) in [4.78, 5) is 45.9. The SMILES string of the molecule is COC(=O)C1=C(C)NC(C)=C(C(=O)OC)C1c1ccccc1[N+](=O)[O-].O=C(O)CCCCCCCCCCCCC1C=CCC1. The van der Waals surface area contributed by atoms with Crippen molar-refractivity contribution in [3.05, 3.63) is 74.6 Å². The number of nitro groups is 1. The molecule has 0 radical (unpaired) electrons. The zero-order chi connectivity index (χ0) is 33.2. The van der Waals surface area contributed by atoms with E-state index in [1.165, 1.54) is 103 Å². The van der Waals surface area contributed by atoms with Crippen LogP contribution in [0.25, 0.3) is 0 Å². The summed E-state index contributed by atoms with van der Waals surface area (Å²) in [6.45, 7) is 3.29. The molecule has 1 aliphatic heterocycles. The van der Waals surface area contributed by atoms with Gasteiger partial charge < -0.3 is 19.9 Å². The number of dihydropyridines is 1. The Bertz CT molecular complexity index is 1210. The van der Waals surface area contributed by atoms with Gasteiger partial charge in [0.25, 0.3) is 5.69 Å². The molecule has 1 aromatic rings. The molecule has 0 amide bonds. The quantitative estimate of drug-likeness (QED) is 0.0579. The lowest BCUT2D eigenvalue weighted by Crippen LogP contribution is -2.32. The summed E-state index contributed by atoms with van der Waals surface area (Å²) < 4.78 is 9.66. The number of benzene rings is 1. The van der Waals surface area contributed by atoms with Crippen LogP contribution < -0.4 is 5.32 Å². The molecule has 1 aromatic carbocycles. The molecule has 0 spiro atoms. The van der Waals surface area contributed by atoms with Crippen molar-refractivity contribution in [1.29, 1.82) is 0 Å². The third-order valence-electron chi connectivity index (χ3n) is 8.34. The second-order valence-electron chi connectivity index (χ2n) is 11.7. The number of aliphatic carboxylic acids is 1. The Labute approximate surface area is 267 Å². The first-order chi connectivity index (χ1) is 21.6. The molecule has 10 nitrogen and oxygen atoms in total. The van der Waals surface area contributed by atoms with Gasteiger partial charge in [0, 0.05) is 29.4 Å². The second kappa shape index (κ2) is 20.2. The van der Waals surface area contributed by atoms with Crippen molar-refractivity contribution in [2.45, 2.75) is 110 Å². The van der Waals surface area contributed by atoms with E-state index in [9.17, 15) is 24.5 Å². The second-order valence-corrected chi connectivity index (χ2v) is 11.7. The number of carbonyl (C=O) groups excluding carboxylic acids is 2. The summed E-state index contributed by atoms with van der Waals surface area (Å²) in [6, 6.07) is 5.97. The van der Waals surface area contributed by atoms with E-state index in [2.05, 4.69) is 17.5 Å². The van der Waals surface area contributed by atoms with Gasteiger partial charge in [0.2, 0.25) is 0 Å². The molecule has 0 bridgehead atoms. The zero-order valence-corrected chi connectivity index (χ0v) is 27.3. The normalized spacial score (nSPS) is 16.1. The number of hydrogen-bond donors (Lipinski definition) is 2. The number of unbranched alkanes of at least 4 members (excludes halogenated alkanes) is 9. The first kappa shape index (κ1) is 37.2. The molecule has 10 heteroatoms. The van der Waals surface area contributed by atoms with Crippen molar-refractivity contribution in [1.82, 2.24) is 5.32 Å². The van der Waals surface area contributed by atoms with Gasteiger partial charge in [-0.15, -0.1) is 0 Å². The van der Waals surface area contributed by atoms with Crippen molar-refractivity contribution >= 4 is 23.6 Å². The Kier molecular flexibility index (Phi) is 16.7. The Balaban J connectivity index is 0.000000322. The molecule has 3 rings (SSSR count). The maximum Gasteiger partial charge on any atom is 0.336 e. The number of esters is 2. The summed E-state index contributed by atoms with van der Waals surface area (Å²) in [7, 11) is 2.42. The maximum absolute atomic E-state index is 12.3. The number of allylic oxidation sites excluding steroid dienone is 4. The molecule has 1 unspecified atom stereocenters. The van der Waals surface area contributed by atoms with Crippen LogP contribution in [0, 0.1) is 16.0 Å². The van der Waals surface area contributed by atoms with Gasteiger partial charge in [-0.3, -0.25) is 14.9 Å². The van der Waals surface area contributed by atoms with Crippen molar-refractivity contribution in [3.63, 3.8) is 0 Å². The zero-order valence-electron chi connectivity index (χ0n) is 27.3. The van der Waals surface area contributed by atoms with E-state index in [0.717, 1.165) is 18.8 Å². The largest absolute Gasteiger partial charge is 0.481 e. The Hall–Kier alpha value is -3.95. The van der Waals surface area contributed by atoms with Crippen LogP contribution in [0.15, 0.2) is 59.0 Å². The van der Waals surface area contributed by atoms with Gasteiger partial charge in [0.15, 0.2) is 0 Å². The highest BCUT2D eigenvalue weighted by Gasteiger charge is 2.40. The predicted octanol–water partition coefficient (Wildman–Crippen LogP) is 7.89. The minimum absolute atomic E-state index is 0.128. The van der Waals surface area contributed by atoms with Gasteiger partial charge >= 0.3 is 17.9 Å². The van der Waals surface area contributed by atoms with E-state index in [-0.39, 0.29) is 22.4 Å². The molecular formula is C35H50N2O8. The minimum Gasteiger partial charge on any atom is -0.481 e. The van der Waals surface area contributed by atoms with E-state index in [1.807, 2.05) is 0 Å². The van der Waals surface area contributed by atoms with Gasteiger partial charge in [-0.1, -0.05) is 88.1 Å². The van der Waals surface area contributed by atoms with E-state index in [0.29, 0.717) is 17.8 Å². The van der Waals surface area contributed by atoms with Crippen molar-refractivity contribution in [2.24, 2.45) is 5.92 Å². The number of carboxylic acids is 1. The molecule has 1 heterocycles. The number of nitrogens with zero attached hydrogens (tertiary/aromatic N) is 1. The summed E-state index contributed by atoms with van der Waals surface area (Å²) in [5.74, 6) is -2.09. The molecule has 0 aromatic heterocycles. The van der Waals surface area contributed by atoms with E-state index in [1.54, 1.807) is 19.9 Å². The van der Waals surface area contributed by atoms with Gasteiger partial charge in [0.1, 0.15) is 0 Å². The topological polar surface area (TPSA) is 145 Å². The molecule has 1 aliphatic carbocycles. The summed E-state index contributed by atoms with van der Waals surface area (Å²) in [5.41, 5.74) is 1.19. The number of hydrogen-bond acceptors (Lipinski definition) is 8. The van der Waals surface area contributed by atoms with E-state index in [4.69, 9.17) is 14.6 Å². The minimum atomic E-state index is -0.970. The number of carbonyl (C=O) groups is 3. The number of nitrogens with one attached hydrogen (secondary N) is 1. The monoisotopic (exact) mass is 626 g/mol. The lowest BCUT2D eigenvalue weighted by molar-refractivity contribution is -0.385. The van der Waals surface area contributed by atoms with Crippen molar-refractivity contribution < 1.29 is 33.9 Å². The van der Waals surface area contributed by atoms with Crippen LogP contribution in [0.5, 0.6) is 0 Å². The number of para-hydroxylation sites is 1. The number of carboxylic acid groups (broad SMARTS) is 1. The van der Waals surface area contributed by atoms with E-state index >= 15 is 0 Å². The molecule has 2 aliphatic rings. The van der Waals surface area contributed by atoms with Crippen LogP contribution in [0.3, 0.4) is 0 Å². The average Bonchev–Trinajstić information content (AvgIpc) is 3.54. The fourth-order valence-corrected chi connectivity index (χ4v) is 6.00. The molecule has 2 N–H and O–H groups in total. The van der Waals surface area contributed by atoms with Crippen LogP contribution in [-0.2, 0) is 23.9 Å². The number of nitro benzene ring substituents is 1. The Morgan fingerprint density at radius 3 is 1.84 bits per heavy atom. The molecule has 0 fully saturated rings. The lowest BCUT2D eigenvalue weighted by atomic mass is 9.79. The summed E-state index contributed by atoms with van der Waals surface area (Å²) in [6.07, 6.45) is 21.9. The van der Waals surface area contributed by atoms with Gasteiger partial charge in [-0.2, -0.15) is 0 Å². The van der Waals surface area contributed by atoms with Crippen LogP contribution in [-0.4, -0.2) is 42.2 Å². The van der Waals surface area contributed by atoms with Crippen molar-refractivity contribution in [2.75, 3.05) is 14.2 Å². The smallest absolute Gasteiger partial charge is 0.336 e. The van der Waals surface area contributed by atoms with Gasteiger partial charge in [-0.05, 0) is 45.4 Å². The highest BCUT2D eigenvalue weighted by molar-refractivity contribution is 6.00. The van der Waals surface area contributed by atoms with Crippen LogP contribution in [0.4, 0.5) is 5.69 Å². The molecule has 45 heavy (non-hydrogen) atoms. The third kappa shape index (κ3) is 12.2. The van der Waals surface area contributed by atoms with E-state index < -0.39 is 28.7 Å². The summed E-state index contributed by atoms with van der Waals surface area (Å²) >= 11 is 0. The maximum atomic E-state index is 12.3. The first-order valence-electron chi connectivity index (χ1n) is 16.1. The first-order valence-corrected chi connectivity index (χ1v) is 16.1. The molecule has 0 saturated heterocycles. The van der Waals surface area contributed by atoms with Gasteiger partial charge in [0.05, 0.1) is 36.2 Å². The van der Waals surface area contributed by atoms with Crippen LogP contribution in [0.2, 0.25) is 0 Å². The fourth-order valence-electron chi connectivity index (χ4n) is 6.00. The highest BCUT2D eigenvalue weighted by Crippen LogP contribution is 2.42. The number of methoxy groups -OCH3 is 2. The molecular weight excluding hydrogens is 576 g/mol. The lowest BCUT2D eigenvalue weighted by Gasteiger charge is -2.29. The molecule has 248 valence electrons. The fraction of sp³-hybridized carbons (Fsp3) is 0.571.